The standard InChI is InChI=1S/C16H22N4O2/c1-3-20(15(21)9-6-10-17-2)11-14-18-13-8-5-4-7-12(13)16(22)19-14/h4-5,7-8,17H,3,6,9-11H2,1-2H3,(H,18,19,22). The summed E-state index contributed by atoms with van der Waals surface area (Å²) in [7, 11) is 1.87. The van der Waals surface area contributed by atoms with E-state index in [0.29, 0.717) is 36.2 Å². The molecule has 0 aliphatic rings. The highest BCUT2D eigenvalue weighted by atomic mass is 16.2. The molecule has 1 amide bonds. The van der Waals surface area contributed by atoms with Gasteiger partial charge in [0.1, 0.15) is 5.82 Å². The summed E-state index contributed by atoms with van der Waals surface area (Å²) < 4.78 is 0. The number of hydrogen-bond donors (Lipinski definition) is 2. The van der Waals surface area contributed by atoms with Crippen molar-refractivity contribution in [3.05, 3.63) is 40.4 Å². The number of carbonyl (C=O) groups is 1. The van der Waals surface area contributed by atoms with E-state index in [1.807, 2.05) is 26.1 Å². The zero-order valence-corrected chi connectivity index (χ0v) is 13.1. The topological polar surface area (TPSA) is 78.1 Å². The maximum atomic E-state index is 12.2. The number of aromatic nitrogens is 2. The molecule has 0 aliphatic carbocycles. The average molecular weight is 302 g/mol. The number of nitrogens with zero attached hydrogens (tertiary/aromatic N) is 2. The number of nitrogens with one attached hydrogen (secondary N) is 2. The predicted molar refractivity (Wildman–Crippen MR) is 86.6 cm³/mol. The van der Waals surface area contributed by atoms with Gasteiger partial charge in [0.25, 0.3) is 5.56 Å². The molecule has 1 aromatic heterocycles. The van der Waals surface area contributed by atoms with Crippen molar-refractivity contribution in [3.8, 4) is 0 Å². The first-order chi connectivity index (χ1) is 10.7. The highest BCUT2D eigenvalue weighted by Crippen LogP contribution is 2.08. The first-order valence-corrected chi connectivity index (χ1v) is 7.56. The van der Waals surface area contributed by atoms with Crippen LogP contribution in [0.25, 0.3) is 10.9 Å². The van der Waals surface area contributed by atoms with E-state index < -0.39 is 0 Å². The summed E-state index contributed by atoms with van der Waals surface area (Å²) in [5.41, 5.74) is 0.485. The number of carbonyl (C=O) groups excluding carboxylic acids is 1. The number of para-hydroxylation sites is 1. The van der Waals surface area contributed by atoms with Crippen LogP contribution in [0.4, 0.5) is 0 Å². The van der Waals surface area contributed by atoms with Gasteiger partial charge in [0.15, 0.2) is 0 Å². The van der Waals surface area contributed by atoms with Crippen molar-refractivity contribution in [1.82, 2.24) is 20.2 Å². The Balaban J connectivity index is 2.14. The molecule has 0 aliphatic heterocycles. The normalized spacial score (nSPS) is 10.8. The molecule has 0 saturated carbocycles. The fraction of sp³-hybridized carbons (Fsp3) is 0.438. The fourth-order valence-electron chi connectivity index (χ4n) is 2.34. The van der Waals surface area contributed by atoms with E-state index in [1.54, 1.807) is 17.0 Å². The third kappa shape index (κ3) is 3.92. The summed E-state index contributed by atoms with van der Waals surface area (Å²) in [6, 6.07) is 7.20. The summed E-state index contributed by atoms with van der Waals surface area (Å²) in [4.78, 5) is 33.1. The van der Waals surface area contributed by atoms with Crippen LogP contribution in [0.1, 0.15) is 25.6 Å². The second kappa shape index (κ2) is 7.70. The molecule has 0 saturated heterocycles. The van der Waals surface area contributed by atoms with Crippen LogP contribution in [-0.2, 0) is 11.3 Å². The minimum absolute atomic E-state index is 0.0774. The molecule has 22 heavy (non-hydrogen) atoms. The van der Waals surface area contributed by atoms with Gasteiger partial charge in [0, 0.05) is 13.0 Å². The first kappa shape index (κ1) is 16.2. The summed E-state index contributed by atoms with van der Waals surface area (Å²) in [5.74, 6) is 0.598. The molecule has 2 aromatic rings. The van der Waals surface area contributed by atoms with Crippen LogP contribution in [0, 0.1) is 0 Å². The molecule has 2 rings (SSSR count). The number of benzene rings is 1. The zero-order valence-electron chi connectivity index (χ0n) is 13.1. The minimum Gasteiger partial charge on any atom is -0.336 e. The van der Waals surface area contributed by atoms with Gasteiger partial charge in [-0.05, 0) is 39.1 Å². The molecular weight excluding hydrogens is 280 g/mol. The van der Waals surface area contributed by atoms with Crippen LogP contribution in [-0.4, -0.2) is 40.9 Å². The lowest BCUT2D eigenvalue weighted by Gasteiger charge is -2.20. The summed E-state index contributed by atoms with van der Waals surface area (Å²) in [5, 5.41) is 3.59. The van der Waals surface area contributed by atoms with Crippen molar-refractivity contribution in [1.29, 1.82) is 0 Å². The van der Waals surface area contributed by atoms with E-state index in [2.05, 4.69) is 15.3 Å². The summed E-state index contributed by atoms with van der Waals surface area (Å²) in [6.07, 6.45) is 1.29. The van der Waals surface area contributed by atoms with Crippen molar-refractivity contribution >= 4 is 16.8 Å². The zero-order chi connectivity index (χ0) is 15.9. The number of fused-ring (bicyclic) bond motifs is 1. The fourth-order valence-corrected chi connectivity index (χ4v) is 2.34. The Labute approximate surface area is 129 Å². The van der Waals surface area contributed by atoms with Gasteiger partial charge in [0.05, 0.1) is 17.4 Å². The van der Waals surface area contributed by atoms with Gasteiger partial charge in [-0.25, -0.2) is 4.98 Å². The van der Waals surface area contributed by atoms with E-state index in [0.717, 1.165) is 13.0 Å². The molecule has 0 radical (unpaired) electrons. The molecule has 0 unspecified atom stereocenters. The van der Waals surface area contributed by atoms with Crippen LogP contribution >= 0.6 is 0 Å². The first-order valence-electron chi connectivity index (χ1n) is 7.56. The third-order valence-electron chi connectivity index (χ3n) is 3.55. The van der Waals surface area contributed by atoms with Gasteiger partial charge >= 0.3 is 0 Å². The van der Waals surface area contributed by atoms with Crippen LogP contribution in [0.5, 0.6) is 0 Å². The van der Waals surface area contributed by atoms with Gasteiger partial charge in [0.2, 0.25) is 5.91 Å². The maximum absolute atomic E-state index is 12.2. The highest BCUT2D eigenvalue weighted by Gasteiger charge is 2.13. The van der Waals surface area contributed by atoms with E-state index >= 15 is 0 Å². The number of H-pyrrole nitrogens is 1. The van der Waals surface area contributed by atoms with Crippen molar-refractivity contribution in [3.63, 3.8) is 0 Å². The Morgan fingerprint density at radius 1 is 1.36 bits per heavy atom. The maximum Gasteiger partial charge on any atom is 0.258 e. The molecule has 1 aromatic carbocycles. The highest BCUT2D eigenvalue weighted by molar-refractivity contribution is 5.77. The molecule has 2 N–H and O–H groups in total. The quantitative estimate of drug-likeness (QED) is 0.755. The van der Waals surface area contributed by atoms with E-state index in [1.165, 1.54) is 0 Å². The van der Waals surface area contributed by atoms with Crippen LogP contribution in [0.15, 0.2) is 29.1 Å². The monoisotopic (exact) mass is 302 g/mol. The molecule has 1 heterocycles. The molecular formula is C16H22N4O2. The molecule has 118 valence electrons. The Hall–Kier alpha value is -2.21. The molecule has 0 atom stereocenters. The lowest BCUT2D eigenvalue weighted by Crippen LogP contribution is -2.32. The second-order valence-electron chi connectivity index (χ2n) is 5.14. The van der Waals surface area contributed by atoms with Crippen LogP contribution < -0.4 is 10.9 Å². The molecule has 0 spiro atoms. The molecule has 6 nitrogen and oxygen atoms in total. The lowest BCUT2D eigenvalue weighted by atomic mass is 10.2. The number of amides is 1. The van der Waals surface area contributed by atoms with Gasteiger partial charge in [-0.15, -0.1) is 0 Å². The Bertz CT molecular complexity index is 696. The SMILES string of the molecule is CCN(Cc1nc2ccccc2c(=O)[nH]1)C(=O)CCCNC. The van der Waals surface area contributed by atoms with Gasteiger partial charge in [-0.1, -0.05) is 12.1 Å². The van der Waals surface area contributed by atoms with E-state index in [9.17, 15) is 9.59 Å². The molecule has 6 heteroatoms. The van der Waals surface area contributed by atoms with Crippen molar-refractivity contribution < 1.29 is 4.79 Å². The molecule has 0 fully saturated rings. The Morgan fingerprint density at radius 3 is 2.86 bits per heavy atom. The average Bonchev–Trinajstić information content (AvgIpc) is 2.52. The third-order valence-corrected chi connectivity index (χ3v) is 3.55. The lowest BCUT2D eigenvalue weighted by molar-refractivity contribution is -0.131. The smallest absolute Gasteiger partial charge is 0.258 e. The van der Waals surface area contributed by atoms with Crippen LogP contribution in [0.3, 0.4) is 0 Å². The van der Waals surface area contributed by atoms with Gasteiger partial charge in [-0.2, -0.15) is 0 Å². The molecule has 0 bridgehead atoms. The number of rotatable bonds is 7. The van der Waals surface area contributed by atoms with Crippen molar-refractivity contribution in [2.45, 2.75) is 26.3 Å². The van der Waals surface area contributed by atoms with E-state index in [4.69, 9.17) is 0 Å². The van der Waals surface area contributed by atoms with E-state index in [-0.39, 0.29) is 11.5 Å². The van der Waals surface area contributed by atoms with Gasteiger partial charge in [-0.3, -0.25) is 9.59 Å². The largest absolute Gasteiger partial charge is 0.336 e. The Morgan fingerprint density at radius 2 is 2.14 bits per heavy atom. The number of aromatic amines is 1. The number of hydrogen-bond acceptors (Lipinski definition) is 4. The second-order valence-corrected chi connectivity index (χ2v) is 5.14. The van der Waals surface area contributed by atoms with Crippen molar-refractivity contribution in [2.24, 2.45) is 0 Å². The van der Waals surface area contributed by atoms with Crippen LogP contribution in [0.2, 0.25) is 0 Å². The minimum atomic E-state index is -0.167. The Kier molecular flexibility index (Phi) is 5.66. The van der Waals surface area contributed by atoms with Gasteiger partial charge < -0.3 is 15.2 Å². The summed E-state index contributed by atoms with van der Waals surface area (Å²) >= 11 is 0. The predicted octanol–water partition coefficient (Wildman–Crippen LogP) is 1.27. The van der Waals surface area contributed by atoms with Crippen molar-refractivity contribution in [2.75, 3.05) is 20.1 Å². The summed E-state index contributed by atoms with van der Waals surface area (Å²) in [6.45, 7) is 3.66.